The maximum Gasteiger partial charge on any atom is 0.200 e. The van der Waals surface area contributed by atoms with Crippen LogP contribution in [-0.4, -0.2) is 10.4 Å². The molecule has 0 aliphatic carbocycles. The van der Waals surface area contributed by atoms with Crippen LogP contribution in [0.25, 0.3) is 17.0 Å². The monoisotopic (exact) mass is 392 g/mol. The van der Waals surface area contributed by atoms with Crippen LogP contribution in [0.15, 0.2) is 88.8 Å². The number of ketones is 1. The fourth-order valence-electron chi connectivity index (χ4n) is 3.75. The van der Waals surface area contributed by atoms with Crippen molar-refractivity contribution in [3.05, 3.63) is 106 Å². The predicted octanol–water partition coefficient (Wildman–Crippen LogP) is 5.89. The van der Waals surface area contributed by atoms with Crippen molar-refractivity contribution in [3.63, 3.8) is 0 Å². The number of nitrogens with zero attached hydrogens (tertiary/aromatic N) is 2. The Morgan fingerprint density at radius 1 is 0.966 bits per heavy atom. The van der Waals surface area contributed by atoms with Crippen molar-refractivity contribution >= 4 is 34.5 Å². The van der Waals surface area contributed by atoms with Crippen molar-refractivity contribution in [1.82, 2.24) is 4.57 Å². The average molecular weight is 392 g/mol. The normalized spacial score (nSPS) is 14.3. The minimum absolute atomic E-state index is 0.0808. The highest BCUT2D eigenvalue weighted by molar-refractivity contribution is 8.04. The molecule has 0 fully saturated rings. The molecule has 1 aliphatic rings. The van der Waals surface area contributed by atoms with E-state index in [4.69, 9.17) is 0 Å². The van der Waals surface area contributed by atoms with Gasteiger partial charge in [-0.15, -0.1) is 0 Å². The van der Waals surface area contributed by atoms with E-state index in [1.165, 1.54) is 11.8 Å². The van der Waals surface area contributed by atoms with Crippen molar-refractivity contribution in [2.75, 3.05) is 0 Å². The molecule has 4 aromatic rings. The lowest BCUT2D eigenvalue weighted by atomic mass is 10.1. The number of hydrogen-bond acceptors (Lipinski definition) is 3. The molecule has 0 spiro atoms. The van der Waals surface area contributed by atoms with Gasteiger partial charge in [0.25, 0.3) is 0 Å². The molecule has 1 aromatic heterocycles. The van der Waals surface area contributed by atoms with E-state index in [0.717, 1.165) is 37.4 Å². The van der Waals surface area contributed by atoms with Crippen molar-refractivity contribution in [2.24, 2.45) is 0 Å². The second-order valence-corrected chi connectivity index (χ2v) is 8.02. The van der Waals surface area contributed by atoms with Gasteiger partial charge < -0.3 is 4.57 Å². The average Bonchev–Trinajstić information content (AvgIpc) is 3.27. The zero-order valence-electron chi connectivity index (χ0n) is 15.5. The number of rotatable bonds is 3. The van der Waals surface area contributed by atoms with Crippen LogP contribution in [0.4, 0.5) is 0 Å². The SMILES string of the molecule is N#Cc1ccccc1Cn1cc(/C=C2\Sc3ccccc3C2=O)c2ccccc21. The van der Waals surface area contributed by atoms with E-state index in [9.17, 15) is 10.1 Å². The maximum absolute atomic E-state index is 12.8. The number of benzene rings is 3. The fourth-order valence-corrected chi connectivity index (χ4v) is 4.79. The Hall–Kier alpha value is -3.55. The first-order valence-electron chi connectivity index (χ1n) is 9.34. The number of carbonyl (C=O) groups is 1. The highest BCUT2D eigenvalue weighted by Gasteiger charge is 2.25. The number of aromatic nitrogens is 1. The quantitative estimate of drug-likeness (QED) is 0.408. The number of nitriles is 1. The van der Waals surface area contributed by atoms with Gasteiger partial charge in [-0.2, -0.15) is 5.26 Å². The Balaban J connectivity index is 1.59. The third kappa shape index (κ3) is 3.06. The first-order chi connectivity index (χ1) is 14.2. The van der Waals surface area contributed by atoms with Gasteiger partial charge in [-0.25, -0.2) is 0 Å². The van der Waals surface area contributed by atoms with Crippen LogP contribution in [-0.2, 0) is 6.54 Å². The Labute approximate surface area is 172 Å². The van der Waals surface area contributed by atoms with Crippen LogP contribution >= 0.6 is 11.8 Å². The lowest BCUT2D eigenvalue weighted by Gasteiger charge is -2.07. The minimum Gasteiger partial charge on any atom is -0.342 e. The van der Waals surface area contributed by atoms with Crippen molar-refractivity contribution in [2.45, 2.75) is 11.4 Å². The summed E-state index contributed by atoms with van der Waals surface area (Å²) in [4.78, 5) is 14.5. The van der Waals surface area contributed by atoms with Gasteiger partial charge in [0.15, 0.2) is 0 Å². The molecule has 138 valence electrons. The third-order valence-corrected chi connectivity index (χ3v) is 6.26. The summed E-state index contributed by atoms with van der Waals surface area (Å²) < 4.78 is 2.15. The molecule has 0 bridgehead atoms. The van der Waals surface area contributed by atoms with Crippen molar-refractivity contribution < 1.29 is 4.79 Å². The number of Topliss-reactive ketones (excluding diaryl/α,β-unsaturated/α-hetero) is 1. The smallest absolute Gasteiger partial charge is 0.200 e. The van der Waals surface area contributed by atoms with E-state index in [2.05, 4.69) is 29.0 Å². The molecule has 29 heavy (non-hydrogen) atoms. The predicted molar refractivity (Wildman–Crippen MR) is 117 cm³/mol. The summed E-state index contributed by atoms with van der Waals surface area (Å²) in [6.07, 6.45) is 4.06. The van der Waals surface area contributed by atoms with E-state index < -0.39 is 0 Å². The molecule has 4 heteroatoms. The first-order valence-corrected chi connectivity index (χ1v) is 10.2. The van der Waals surface area contributed by atoms with Crippen molar-refractivity contribution in [1.29, 1.82) is 5.26 Å². The summed E-state index contributed by atoms with van der Waals surface area (Å²) in [5, 5.41) is 10.5. The van der Waals surface area contributed by atoms with Crippen LogP contribution in [0.5, 0.6) is 0 Å². The molecule has 0 amide bonds. The maximum atomic E-state index is 12.8. The van der Waals surface area contributed by atoms with E-state index >= 15 is 0 Å². The molecule has 0 atom stereocenters. The van der Waals surface area contributed by atoms with E-state index in [-0.39, 0.29) is 5.78 Å². The third-order valence-electron chi connectivity index (χ3n) is 5.16. The van der Waals surface area contributed by atoms with Gasteiger partial charge in [0.1, 0.15) is 0 Å². The van der Waals surface area contributed by atoms with E-state index in [1.807, 2.05) is 66.7 Å². The largest absolute Gasteiger partial charge is 0.342 e. The molecule has 0 radical (unpaired) electrons. The van der Waals surface area contributed by atoms with Gasteiger partial charge in [0.05, 0.1) is 16.5 Å². The molecule has 3 aromatic carbocycles. The van der Waals surface area contributed by atoms with Crippen LogP contribution in [0.1, 0.15) is 27.0 Å². The summed E-state index contributed by atoms with van der Waals surface area (Å²) in [5.74, 6) is 0.0808. The topological polar surface area (TPSA) is 45.8 Å². The Kier molecular flexibility index (Phi) is 4.31. The second kappa shape index (κ2) is 7.12. The van der Waals surface area contributed by atoms with Gasteiger partial charge >= 0.3 is 0 Å². The van der Waals surface area contributed by atoms with Crippen LogP contribution in [0.2, 0.25) is 0 Å². The first kappa shape index (κ1) is 17.5. The molecule has 0 N–H and O–H groups in total. The molecular formula is C25H16N2OS. The minimum atomic E-state index is 0.0808. The molecule has 1 aliphatic heterocycles. The lowest BCUT2D eigenvalue weighted by Crippen LogP contribution is -2.00. The van der Waals surface area contributed by atoms with Crippen LogP contribution in [0.3, 0.4) is 0 Å². The van der Waals surface area contributed by atoms with E-state index in [1.54, 1.807) is 0 Å². The summed E-state index contributed by atoms with van der Waals surface area (Å²) in [5.41, 5.74) is 4.53. The Bertz CT molecular complexity index is 1340. The van der Waals surface area contributed by atoms with Gasteiger partial charge in [-0.3, -0.25) is 4.79 Å². The standard InChI is InChI=1S/C25H16N2OS/c26-14-17-7-1-2-8-18(17)15-27-16-19(20-9-3-5-11-22(20)27)13-24-25(28)21-10-4-6-12-23(21)29-24/h1-13,16H,15H2/b24-13-. The number of carbonyl (C=O) groups excluding carboxylic acids is 1. The van der Waals surface area contributed by atoms with Gasteiger partial charge in [0.2, 0.25) is 5.78 Å². The molecule has 2 heterocycles. The lowest BCUT2D eigenvalue weighted by molar-refractivity contribution is 0.104. The molecule has 5 rings (SSSR count). The summed E-state index contributed by atoms with van der Waals surface area (Å²) >= 11 is 1.53. The van der Waals surface area contributed by atoms with Crippen LogP contribution in [0, 0.1) is 11.3 Å². The Morgan fingerprint density at radius 3 is 2.59 bits per heavy atom. The molecule has 0 saturated carbocycles. The van der Waals surface area contributed by atoms with E-state index in [0.29, 0.717) is 12.1 Å². The van der Waals surface area contributed by atoms with Gasteiger partial charge in [-0.05, 0) is 35.9 Å². The number of fused-ring (bicyclic) bond motifs is 2. The highest BCUT2D eigenvalue weighted by atomic mass is 32.2. The number of hydrogen-bond donors (Lipinski definition) is 0. The number of allylic oxidation sites excluding steroid dienone is 1. The molecule has 3 nitrogen and oxygen atoms in total. The zero-order chi connectivity index (χ0) is 19.8. The number of thioether (sulfide) groups is 1. The summed E-state index contributed by atoms with van der Waals surface area (Å²) in [7, 11) is 0. The van der Waals surface area contributed by atoms with Gasteiger partial charge in [0, 0.05) is 39.7 Å². The molecule has 0 unspecified atom stereocenters. The fraction of sp³-hybridized carbons (Fsp3) is 0.0400. The van der Waals surface area contributed by atoms with Crippen molar-refractivity contribution in [3.8, 4) is 6.07 Å². The molecule has 0 saturated heterocycles. The summed E-state index contributed by atoms with van der Waals surface area (Å²) in [6.45, 7) is 0.606. The second-order valence-electron chi connectivity index (χ2n) is 6.93. The van der Waals surface area contributed by atoms with Crippen LogP contribution < -0.4 is 0 Å². The zero-order valence-corrected chi connectivity index (χ0v) is 16.3. The Morgan fingerprint density at radius 2 is 1.72 bits per heavy atom. The molecular weight excluding hydrogens is 376 g/mol. The van der Waals surface area contributed by atoms with Gasteiger partial charge in [-0.1, -0.05) is 60.3 Å². The number of para-hydroxylation sites is 1. The highest BCUT2D eigenvalue weighted by Crippen LogP contribution is 2.41. The summed E-state index contributed by atoms with van der Waals surface area (Å²) in [6, 6.07) is 25.8.